The van der Waals surface area contributed by atoms with Gasteiger partial charge in [-0.2, -0.15) is 0 Å². The molecule has 4 atom stereocenters. The number of aromatic amines is 1. The molecule has 0 fully saturated rings. The van der Waals surface area contributed by atoms with Crippen LogP contribution < -0.4 is 16.0 Å². The number of esters is 2. The van der Waals surface area contributed by atoms with Gasteiger partial charge in [-0.05, 0) is 86.8 Å². The van der Waals surface area contributed by atoms with Crippen LogP contribution in [0, 0.1) is 31.1 Å². The van der Waals surface area contributed by atoms with Crippen molar-refractivity contribution in [3.63, 3.8) is 0 Å². The van der Waals surface area contributed by atoms with Crippen molar-refractivity contribution < 1.29 is 19.1 Å². The van der Waals surface area contributed by atoms with Crippen molar-refractivity contribution >= 4 is 35.5 Å². The van der Waals surface area contributed by atoms with E-state index in [0.29, 0.717) is 11.4 Å². The summed E-state index contributed by atoms with van der Waals surface area (Å²) in [6.45, 7) is 16.6. The summed E-state index contributed by atoms with van der Waals surface area (Å²) in [6.07, 6.45) is 13.7. The van der Waals surface area contributed by atoms with E-state index >= 15 is 0 Å². The molecule has 1 aliphatic carbocycles. The van der Waals surface area contributed by atoms with Crippen LogP contribution in [0.3, 0.4) is 0 Å². The molecule has 0 amide bonds. The maximum absolute atomic E-state index is 13.5. The molecule has 0 aromatic carbocycles. The minimum Gasteiger partial charge on any atom is -0.469 e. The van der Waals surface area contributed by atoms with Gasteiger partial charge in [0.05, 0.1) is 54.1 Å². The molecule has 226 valence electrons. The van der Waals surface area contributed by atoms with Crippen molar-refractivity contribution in [2.75, 3.05) is 14.2 Å². The minimum atomic E-state index is -1.01. The van der Waals surface area contributed by atoms with E-state index in [4.69, 9.17) is 19.5 Å². The number of hydrogen-bond acceptors (Lipinski definition) is 7. The zero-order chi connectivity index (χ0) is 31.7. The van der Waals surface area contributed by atoms with Crippen LogP contribution in [0.25, 0.3) is 12.2 Å². The number of ether oxygens (including phenoxy) is 2. The molecule has 1 aromatic heterocycles. The van der Waals surface area contributed by atoms with Crippen molar-refractivity contribution in [2.45, 2.75) is 47.6 Å². The summed E-state index contributed by atoms with van der Waals surface area (Å²) in [6, 6.07) is 0.0292. The highest BCUT2D eigenvalue weighted by atomic mass is 16.5. The van der Waals surface area contributed by atoms with Gasteiger partial charge in [-0.25, -0.2) is 9.79 Å². The van der Waals surface area contributed by atoms with Crippen LogP contribution in [0.2, 0.25) is 0 Å². The van der Waals surface area contributed by atoms with E-state index in [9.17, 15) is 9.59 Å². The molecule has 6 rings (SSSR count). The summed E-state index contributed by atoms with van der Waals surface area (Å²) in [7, 11) is 2.65. The average molecular weight is 591 g/mol. The van der Waals surface area contributed by atoms with Crippen molar-refractivity contribution in [3.8, 4) is 0 Å². The van der Waals surface area contributed by atoms with Gasteiger partial charge < -0.3 is 19.8 Å². The van der Waals surface area contributed by atoms with Gasteiger partial charge in [-0.1, -0.05) is 31.7 Å². The third-order valence-corrected chi connectivity index (χ3v) is 10.1. The molecule has 8 bridgehead atoms. The zero-order valence-electron chi connectivity index (χ0n) is 26.5. The van der Waals surface area contributed by atoms with Crippen molar-refractivity contribution in [1.82, 2.24) is 10.3 Å². The van der Waals surface area contributed by atoms with Gasteiger partial charge in [0.25, 0.3) is 0 Å². The normalized spacial score (nSPS) is 31.0. The monoisotopic (exact) mass is 590 g/mol. The van der Waals surface area contributed by atoms with E-state index < -0.39 is 23.3 Å². The summed E-state index contributed by atoms with van der Waals surface area (Å²) >= 11 is 0. The summed E-state index contributed by atoms with van der Waals surface area (Å²) in [5.41, 5.74) is 9.32. The Bertz CT molecular complexity index is 1940. The molecule has 5 aliphatic rings. The molecule has 8 heteroatoms. The highest BCUT2D eigenvalue weighted by Gasteiger charge is 2.55. The fraction of sp³-hybridized carbons (Fsp3) is 0.333. The molecular formula is C36H38N4O4. The number of fused-ring (bicyclic) bond motifs is 9. The fourth-order valence-corrected chi connectivity index (χ4v) is 6.95. The number of H-pyrrole nitrogens is 1. The average Bonchev–Trinajstić information content (AvgIpc) is 3.64. The van der Waals surface area contributed by atoms with Gasteiger partial charge in [-0.15, -0.1) is 0 Å². The van der Waals surface area contributed by atoms with Crippen LogP contribution in [0.1, 0.15) is 38.8 Å². The number of carbonyl (C=O) groups excluding carboxylic acids is 2. The molecule has 0 saturated heterocycles. The highest BCUT2D eigenvalue weighted by molar-refractivity contribution is 6.25. The number of rotatable bonds is 3. The minimum absolute atomic E-state index is 0.0292. The molecule has 44 heavy (non-hydrogen) atoms. The number of nitrogens with one attached hydrogen (secondary N) is 2. The smallest absolute Gasteiger partial charge is 0.334 e. The SMILES string of the molecule is C=CC1=C(C)/C2=C/C3=NC(=C\C4=C(C)C(C)C(/C=c5\[nH]/c(c(C)c5C)=C\C1=N2)N4)/[C@@]1(C)C3=CC=C(C(=O)OC)[C@H]1C(=O)OC. The van der Waals surface area contributed by atoms with E-state index in [1.54, 1.807) is 6.08 Å². The number of hydrogen-bond donors (Lipinski definition) is 2. The molecule has 2 N–H and O–H groups in total. The van der Waals surface area contributed by atoms with Gasteiger partial charge >= 0.3 is 11.9 Å². The Morgan fingerprint density at radius 1 is 0.977 bits per heavy atom. The Morgan fingerprint density at radius 3 is 2.39 bits per heavy atom. The molecule has 8 nitrogen and oxygen atoms in total. The Morgan fingerprint density at radius 2 is 1.70 bits per heavy atom. The van der Waals surface area contributed by atoms with Gasteiger partial charge in [-0.3, -0.25) is 9.79 Å². The van der Waals surface area contributed by atoms with Crippen molar-refractivity contribution in [1.29, 1.82) is 0 Å². The lowest BCUT2D eigenvalue weighted by atomic mass is 9.64. The van der Waals surface area contributed by atoms with E-state index in [-0.39, 0.29) is 17.5 Å². The molecule has 0 spiro atoms. The standard InChI is InChI=1S/C36H38N4O4/c1-10-22-21(6)28-15-31-24-12-11-23(34(41)43-8)33(35(42)44-9)36(24,7)32(40-31)16-29-20(5)19(4)26(38-29)13-25-17(2)18(3)27(37-25)14-30(22)39-28/h10-16,19,26,33,37-38H,1H2,2-9H3/b25-13-,27-14-,28-15-,32-16-/t19?,26?,33-,36+/m0/s1. The van der Waals surface area contributed by atoms with Crippen molar-refractivity contribution in [2.24, 2.45) is 27.2 Å². The quantitative estimate of drug-likeness (QED) is 0.516. The van der Waals surface area contributed by atoms with E-state index in [1.807, 2.05) is 38.2 Å². The van der Waals surface area contributed by atoms with Gasteiger partial charge in [0.15, 0.2) is 0 Å². The number of aliphatic imine (C=N–C) groups is 2. The Kier molecular flexibility index (Phi) is 6.99. The van der Waals surface area contributed by atoms with E-state index in [2.05, 4.69) is 56.7 Å². The predicted molar refractivity (Wildman–Crippen MR) is 173 cm³/mol. The molecular weight excluding hydrogens is 552 g/mol. The Labute approximate surface area is 257 Å². The highest BCUT2D eigenvalue weighted by Crippen LogP contribution is 2.54. The van der Waals surface area contributed by atoms with E-state index in [0.717, 1.165) is 44.5 Å². The van der Waals surface area contributed by atoms with Crippen LogP contribution in [0.4, 0.5) is 0 Å². The lowest BCUT2D eigenvalue weighted by Crippen LogP contribution is -2.41. The fourth-order valence-electron chi connectivity index (χ4n) is 6.95. The first-order valence-electron chi connectivity index (χ1n) is 14.8. The molecule has 0 saturated carbocycles. The number of aromatic nitrogens is 1. The van der Waals surface area contributed by atoms with Gasteiger partial charge in [0.2, 0.25) is 0 Å². The number of carbonyl (C=O) groups is 2. The lowest BCUT2D eigenvalue weighted by Gasteiger charge is -2.37. The van der Waals surface area contributed by atoms with Gasteiger partial charge in [0.1, 0.15) is 5.92 Å². The summed E-state index contributed by atoms with van der Waals surface area (Å²) in [4.78, 5) is 40.3. The third-order valence-electron chi connectivity index (χ3n) is 10.1. The first-order chi connectivity index (χ1) is 20.9. The third kappa shape index (κ3) is 4.19. The predicted octanol–water partition coefficient (Wildman–Crippen LogP) is 4.10. The number of allylic oxidation sites excluding steroid dienone is 8. The molecule has 0 radical (unpaired) electrons. The lowest BCUT2D eigenvalue weighted by molar-refractivity contribution is -0.150. The Hall–Kier alpha value is -4.72. The van der Waals surface area contributed by atoms with E-state index in [1.165, 1.54) is 30.9 Å². The summed E-state index contributed by atoms with van der Waals surface area (Å²) in [5, 5.41) is 5.78. The molecule has 5 heterocycles. The van der Waals surface area contributed by atoms with Crippen molar-refractivity contribution in [3.05, 3.63) is 104 Å². The molecule has 1 aromatic rings. The second-order valence-corrected chi connectivity index (χ2v) is 12.2. The van der Waals surface area contributed by atoms with Gasteiger partial charge in [0, 0.05) is 27.9 Å². The Balaban J connectivity index is 1.67. The van der Waals surface area contributed by atoms with Crippen LogP contribution in [0.15, 0.2) is 91.9 Å². The number of nitrogens with zero attached hydrogens (tertiary/aromatic N) is 2. The molecule has 2 unspecified atom stereocenters. The first kappa shape index (κ1) is 29.4. The van der Waals surface area contributed by atoms with Crippen LogP contribution in [-0.2, 0) is 19.1 Å². The second kappa shape index (κ2) is 10.5. The zero-order valence-corrected chi connectivity index (χ0v) is 26.5. The topological polar surface area (TPSA) is 105 Å². The maximum Gasteiger partial charge on any atom is 0.334 e. The summed E-state index contributed by atoms with van der Waals surface area (Å²) in [5.74, 6) is -1.87. The largest absolute Gasteiger partial charge is 0.469 e. The molecule has 4 aliphatic heterocycles. The number of methoxy groups -OCH3 is 2. The van der Waals surface area contributed by atoms with Crippen LogP contribution in [0.5, 0.6) is 0 Å². The van der Waals surface area contributed by atoms with Crippen LogP contribution >= 0.6 is 0 Å². The second-order valence-electron chi connectivity index (χ2n) is 12.2. The first-order valence-corrected chi connectivity index (χ1v) is 14.8. The van der Waals surface area contributed by atoms with Crippen LogP contribution in [-0.4, -0.2) is 48.6 Å². The maximum atomic E-state index is 13.5. The summed E-state index contributed by atoms with van der Waals surface area (Å²) < 4.78 is 10.4.